The van der Waals surface area contributed by atoms with Gasteiger partial charge in [0.1, 0.15) is 0 Å². The smallest absolute Gasteiger partial charge is 0.0979 e. The van der Waals surface area contributed by atoms with Gasteiger partial charge in [0.15, 0.2) is 0 Å². The fourth-order valence-electron chi connectivity index (χ4n) is 6.47. The largest absolute Gasteiger partial charge is 0.335 e. The molecule has 0 saturated carbocycles. The van der Waals surface area contributed by atoms with Crippen LogP contribution in [0.4, 0.5) is 0 Å². The van der Waals surface area contributed by atoms with E-state index in [0.29, 0.717) is 0 Å². The molecule has 6 aromatic carbocycles. The van der Waals surface area contributed by atoms with Crippen LogP contribution in [0.5, 0.6) is 0 Å². The summed E-state index contributed by atoms with van der Waals surface area (Å²) in [6.45, 7) is 6.81. The molecule has 0 fully saturated rings. The van der Waals surface area contributed by atoms with Crippen LogP contribution in [0.15, 0.2) is 121 Å². The summed E-state index contributed by atoms with van der Waals surface area (Å²) in [4.78, 5) is 10.1. The Labute approximate surface area is 238 Å². The first kappa shape index (κ1) is 23.8. The van der Waals surface area contributed by atoms with Crippen LogP contribution in [0, 0.1) is 0 Å². The van der Waals surface area contributed by atoms with Gasteiger partial charge in [-0.15, -0.1) is 0 Å². The zero-order valence-electron chi connectivity index (χ0n) is 23.4. The zero-order chi connectivity index (χ0) is 27.7. The molecule has 196 valence electrons. The van der Waals surface area contributed by atoms with Gasteiger partial charge in [-0.05, 0) is 60.9 Å². The highest BCUT2D eigenvalue weighted by Gasteiger charge is 2.20. The predicted molar refractivity (Wildman–Crippen MR) is 173 cm³/mol. The number of hydrogen-bond acceptors (Lipinski definition) is 2. The van der Waals surface area contributed by atoms with E-state index in [1.165, 1.54) is 43.7 Å². The number of benzene rings is 6. The third-order valence-electron chi connectivity index (χ3n) is 8.28. The van der Waals surface area contributed by atoms with Crippen molar-refractivity contribution in [1.82, 2.24) is 14.5 Å². The quantitative estimate of drug-likeness (QED) is 0.209. The second kappa shape index (κ2) is 8.74. The van der Waals surface area contributed by atoms with Crippen molar-refractivity contribution in [2.45, 2.75) is 26.3 Å². The average Bonchev–Trinajstić information content (AvgIpc) is 3.35. The zero-order valence-corrected chi connectivity index (χ0v) is 23.4. The standard InChI is InChI=1S/C38H29N3/c1-38(2,3)41-34-15-9-8-12-29(34)32-22-26(20-21-35(32)41)24-16-18-25(19-17-24)33-23-39-36-30-13-6-4-10-27(30)28-11-5-7-14-31(28)37(36)40-33/h4-23H,1-3H3. The van der Waals surface area contributed by atoms with Gasteiger partial charge in [0.25, 0.3) is 0 Å². The molecule has 0 radical (unpaired) electrons. The number of fused-ring (bicyclic) bond motifs is 9. The highest BCUT2D eigenvalue weighted by atomic mass is 15.0. The van der Waals surface area contributed by atoms with E-state index in [4.69, 9.17) is 9.97 Å². The van der Waals surface area contributed by atoms with E-state index in [9.17, 15) is 0 Å². The van der Waals surface area contributed by atoms with Gasteiger partial charge in [0.05, 0.1) is 22.9 Å². The molecule has 0 amide bonds. The van der Waals surface area contributed by atoms with Gasteiger partial charge in [-0.25, -0.2) is 4.98 Å². The summed E-state index contributed by atoms with van der Waals surface area (Å²) in [6.07, 6.45) is 1.91. The van der Waals surface area contributed by atoms with Gasteiger partial charge in [-0.3, -0.25) is 4.98 Å². The molecule has 0 N–H and O–H groups in total. The Morgan fingerprint density at radius 1 is 0.488 bits per heavy atom. The van der Waals surface area contributed by atoms with Crippen molar-refractivity contribution in [3.63, 3.8) is 0 Å². The monoisotopic (exact) mass is 527 g/mol. The first-order valence-corrected chi connectivity index (χ1v) is 14.2. The van der Waals surface area contributed by atoms with Crippen LogP contribution in [-0.4, -0.2) is 14.5 Å². The molecule has 0 atom stereocenters. The van der Waals surface area contributed by atoms with Crippen LogP contribution in [-0.2, 0) is 5.54 Å². The van der Waals surface area contributed by atoms with Crippen LogP contribution in [0.2, 0.25) is 0 Å². The second-order valence-corrected chi connectivity index (χ2v) is 11.9. The molecular weight excluding hydrogens is 498 g/mol. The third-order valence-corrected chi connectivity index (χ3v) is 8.28. The molecule has 0 aliphatic heterocycles. The molecular formula is C38H29N3. The van der Waals surface area contributed by atoms with Crippen LogP contribution < -0.4 is 0 Å². The minimum atomic E-state index is -0.0109. The SMILES string of the molecule is CC(C)(C)n1c2ccccc2c2cc(-c3ccc(-c4cnc5c6ccccc6c6ccccc6c5n4)cc3)ccc21. The lowest BCUT2D eigenvalue weighted by Gasteiger charge is -2.24. The van der Waals surface area contributed by atoms with Crippen LogP contribution in [0.1, 0.15) is 20.8 Å². The van der Waals surface area contributed by atoms with Gasteiger partial charge in [0.2, 0.25) is 0 Å². The molecule has 0 spiro atoms. The van der Waals surface area contributed by atoms with E-state index < -0.39 is 0 Å². The fourth-order valence-corrected chi connectivity index (χ4v) is 6.47. The number of aromatic nitrogens is 3. The first-order valence-electron chi connectivity index (χ1n) is 14.2. The molecule has 41 heavy (non-hydrogen) atoms. The number of rotatable bonds is 2. The van der Waals surface area contributed by atoms with Crippen LogP contribution in [0.25, 0.3) is 76.8 Å². The summed E-state index contributed by atoms with van der Waals surface area (Å²) in [5.74, 6) is 0. The van der Waals surface area contributed by atoms with Gasteiger partial charge in [0, 0.05) is 43.7 Å². The number of para-hydroxylation sites is 1. The average molecular weight is 528 g/mol. The second-order valence-electron chi connectivity index (χ2n) is 11.9. The topological polar surface area (TPSA) is 30.7 Å². The summed E-state index contributed by atoms with van der Waals surface area (Å²) in [7, 11) is 0. The molecule has 0 unspecified atom stereocenters. The summed E-state index contributed by atoms with van der Waals surface area (Å²) < 4.78 is 2.45. The van der Waals surface area contributed by atoms with Crippen molar-refractivity contribution in [3.05, 3.63) is 121 Å². The van der Waals surface area contributed by atoms with E-state index in [1.807, 2.05) is 6.20 Å². The van der Waals surface area contributed by atoms with Gasteiger partial charge >= 0.3 is 0 Å². The molecule has 0 aliphatic carbocycles. The van der Waals surface area contributed by atoms with Crippen LogP contribution >= 0.6 is 0 Å². The highest BCUT2D eigenvalue weighted by Crippen LogP contribution is 2.37. The minimum absolute atomic E-state index is 0.0109. The summed E-state index contributed by atoms with van der Waals surface area (Å²) in [5.41, 5.74) is 8.77. The predicted octanol–water partition coefficient (Wildman–Crippen LogP) is 10.1. The number of nitrogens with zero attached hydrogens (tertiary/aromatic N) is 3. The molecule has 0 bridgehead atoms. The van der Waals surface area contributed by atoms with E-state index >= 15 is 0 Å². The Morgan fingerprint density at radius 3 is 1.71 bits per heavy atom. The molecule has 2 aromatic heterocycles. The lowest BCUT2D eigenvalue weighted by molar-refractivity contribution is 0.423. The normalized spacial score (nSPS) is 12.3. The Hall–Kier alpha value is -5.02. The van der Waals surface area contributed by atoms with Crippen molar-refractivity contribution < 1.29 is 0 Å². The van der Waals surface area contributed by atoms with Crippen LogP contribution in [0.3, 0.4) is 0 Å². The molecule has 8 aromatic rings. The van der Waals surface area contributed by atoms with E-state index in [2.05, 4.69) is 141 Å². The third kappa shape index (κ3) is 3.66. The highest BCUT2D eigenvalue weighted by molar-refractivity contribution is 6.23. The van der Waals surface area contributed by atoms with Crippen molar-refractivity contribution in [1.29, 1.82) is 0 Å². The maximum atomic E-state index is 5.16. The lowest BCUT2D eigenvalue weighted by Crippen LogP contribution is -2.21. The molecule has 0 saturated heterocycles. The van der Waals surface area contributed by atoms with Gasteiger partial charge in [-0.2, -0.15) is 0 Å². The molecule has 3 heteroatoms. The Balaban J connectivity index is 1.24. The van der Waals surface area contributed by atoms with E-state index in [-0.39, 0.29) is 5.54 Å². The maximum Gasteiger partial charge on any atom is 0.0979 e. The maximum absolute atomic E-state index is 5.16. The molecule has 2 heterocycles. The van der Waals surface area contributed by atoms with Crippen molar-refractivity contribution in [3.8, 4) is 22.4 Å². The Morgan fingerprint density at radius 2 is 1.02 bits per heavy atom. The summed E-state index contributed by atoms with van der Waals surface area (Å²) in [6, 6.07) is 41.3. The van der Waals surface area contributed by atoms with E-state index in [0.717, 1.165) is 33.1 Å². The molecule has 0 aliphatic rings. The van der Waals surface area contributed by atoms with Gasteiger partial charge < -0.3 is 4.57 Å². The Kier molecular flexibility index (Phi) is 5.08. The van der Waals surface area contributed by atoms with Crippen molar-refractivity contribution in [2.24, 2.45) is 0 Å². The minimum Gasteiger partial charge on any atom is -0.335 e. The molecule has 8 rings (SSSR count). The number of hydrogen-bond donors (Lipinski definition) is 0. The van der Waals surface area contributed by atoms with Gasteiger partial charge in [-0.1, -0.05) is 97.1 Å². The molecule has 3 nitrogen and oxygen atoms in total. The lowest BCUT2D eigenvalue weighted by atomic mass is 9.99. The van der Waals surface area contributed by atoms with Crippen molar-refractivity contribution in [2.75, 3.05) is 0 Å². The fraction of sp³-hybridized carbons (Fsp3) is 0.105. The summed E-state index contributed by atoms with van der Waals surface area (Å²) in [5, 5.41) is 7.28. The Bertz CT molecular complexity index is 2250. The van der Waals surface area contributed by atoms with Crippen molar-refractivity contribution >= 4 is 54.4 Å². The van der Waals surface area contributed by atoms with E-state index in [1.54, 1.807) is 0 Å². The summed E-state index contributed by atoms with van der Waals surface area (Å²) >= 11 is 0. The first-order chi connectivity index (χ1) is 20.0.